The molecule has 100 valence electrons. The summed E-state index contributed by atoms with van der Waals surface area (Å²) in [6, 6.07) is 6.61. The lowest BCUT2D eigenvalue weighted by atomic mass is 10.1. The predicted octanol–water partition coefficient (Wildman–Crippen LogP) is 1.97. The Hall–Kier alpha value is -0.970. The van der Waals surface area contributed by atoms with E-state index < -0.39 is 6.10 Å². The molecule has 0 aliphatic carbocycles. The van der Waals surface area contributed by atoms with Gasteiger partial charge < -0.3 is 14.7 Å². The maximum absolute atomic E-state index is 13.0. The Balaban J connectivity index is 1.82. The maximum Gasteiger partial charge on any atom is 0.123 e. The van der Waals surface area contributed by atoms with Crippen LogP contribution in [0.25, 0.3) is 0 Å². The van der Waals surface area contributed by atoms with Crippen LogP contribution < -0.4 is 0 Å². The molecular formula is C14H20FNO2. The highest BCUT2D eigenvalue weighted by Crippen LogP contribution is 2.19. The van der Waals surface area contributed by atoms with Crippen LogP contribution in [-0.4, -0.2) is 42.9 Å². The van der Waals surface area contributed by atoms with Crippen molar-refractivity contribution in [3.63, 3.8) is 0 Å². The van der Waals surface area contributed by atoms with Gasteiger partial charge in [-0.3, -0.25) is 0 Å². The molecule has 1 heterocycles. The summed E-state index contributed by atoms with van der Waals surface area (Å²) < 4.78 is 18.4. The molecule has 1 aliphatic rings. The van der Waals surface area contributed by atoms with Gasteiger partial charge in [0.2, 0.25) is 0 Å². The van der Waals surface area contributed by atoms with E-state index in [1.165, 1.54) is 12.1 Å². The van der Waals surface area contributed by atoms with Gasteiger partial charge in [-0.15, -0.1) is 0 Å². The van der Waals surface area contributed by atoms with Crippen LogP contribution in [0.15, 0.2) is 24.3 Å². The van der Waals surface area contributed by atoms with E-state index in [1.807, 2.05) is 7.05 Å². The van der Waals surface area contributed by atoms with E-state index in [-0.39, 0.29) is 5.82 Å². The number of aliphatic hydroxyl groups is 1. The summed E-state index contributed by atoms with van der Waals surface area (Å²) in [4.78, 5) is 2.20. The van der Waals surface area contributed by atoms with Crippen molar-refractivity contribution in [1.29, 1.82) is 0 Å². The fourth-order valence-electron chi connectivity index (χ4n) is 2.26. The first kappa shape index (κ1) is 13.5. The number of ether oxygens (including phenoxy) is 1. The molecule has 0 saturated carbocycles. The predicted molar refractivity (Wildman–Crippen MR) is 67.8 cm³/mol. The summed E-state index contributed by atoms with van der Waals surface area (Å²) in [6.07, 6.45) is 1.05. The van der Waals surface area contributed by atoms with Crippen molar-refractivity contribution in [2.24, 2.45) is 0 Å². The third kappa shape index (κ3) is 3.51. The normalized spacial score (nSPS) is 21.4. The Morgan fingerprint density at radius 2 is 2.39 bits per heavy atom. The second-order valence-corrected chi connectivity index (χ2v) is 4.86. The molecule has 1 aromatic rings. The van der Waals surface area contributed by atoms with Gasteiger partial charge in [0.15, 0.2) is 0 Å². The zero-order valence-corrected chi connectivity index (χ0v) is 10.7. The molecule has 1 fully saturated rings. The standard InChI is InChI=1S/C14H20FNO2/c1-16(13-6-8-18-10-13)7-5-14(17)11-3-2-4-12(15)9-11/h2-4,9,13-14,17H,5-8,10H2,1H3. The highest BCUT2D eigenvalue weighted by atomic mass is 19.1. The molecule has 1 aliphatic heterocycles. The van der Waals surface area contributed by atoms with Crippen LogP contribution in [-0.2, 0) is 4.74 Å². The van der Waals surface area contributed by atoms with Crippen molar-refractivity contribution < 1.29 is 14.2 Å². The van der Waals surface area contributed by atoms with Gasteiger partial charge >= 0.3 is 0 Å². The van der Waals surface area contributed by atoms with Crippen LogP contribution in [0.3, 0.4) is 0 Å². The Bertz CT molecular complexity index is 380. The Morgan fingerprint density at radius 3 is 3.06 bits per heavy atom. The van der Waals surface area contributed by atoms with Gasteiger partial charge in [0.1, 0.15) is 5.82 Å². The molecule has 0 aromatic heterocycles. The molecule has 2 unspecified atom stereocenters. The van der Waals surface area contributed by atoms with E-state index in [2.05, 4.69) is 4.90 Å². The van der Waals surface area contributed by atoms with Crippen LogP contribution in [0.4, 0.5) is 4.39 Å². The fourth-order valence-corrected chi connectivity index (χ4v) is 2.26. The average Bonchev–Trinajstić information content (AvgIpc) is 2.89. The number of rotatable bonds is 5. The highest BCUT2D eigenvalue weighted by Gasteiger charge is 2.20. The van der Waals surface area contributed by atoms with E-state index in [1.54, 1.807) is 12.1 Å². The second-order valence-electron chi connectivity index (χ2n) is 4.86. The molecule has 1 aromatic carbocycles. The van der Waals surface area contributed by atoms with Crippen LogP contribution in [0, 0.1) is 5.82 Å². The number of halogens is 1. The van der Waals surface area contributed by atoms with Gasteiger partial charge in [0.25, 0.3) is 0 Å². The third-order valence-electron chi connectivity index (χ3n) is 3.52. The minimum Gasteiger partial charge on any atom is -0.388 e. The Labute approximate surface area is 107 Å². The average molecular weight is 253 g/mol. The SMILES string of the molecule is CN(CCC(O)c1cccc(F)c1)C1CCOC1. The van der Waals surface area contributed by atoms with Gasteiger partial charge in [-0.1, -0.05) is 12.1 Å². The van der Waals surface area contributed by atoms with Crippen molar-refractivity contribution in [1.82, 2.24) is 4.90 Å². The monoisotopic (exact) mass is 253 g/mol. The minimum absolute atomic E-state index is 0.302. The van der Waals surface area contributed by atoms with E-state index in [9.17, 15) is 9.50 Å². The van der Waals surface area contributed by atoms with Crippen molar-refractivity contribution >= 4 is 0 Å². The molecular weight excluding hydrogens is 233 g/mol. The van der Waals surface area contributed by atoms with Gasteiger partial charge in [-0.05, 0) is 37.6 Å². The van der Waals surface area contributed by atoms with Crippen molar-refractivity contribution in [2.45, 2.75) is 25.0 Å². The smallest absolute Gasteiger partial charge is 0.123 e. The van der Waals surface area contributed by atoms with Gasteiger partial charge in [-0.2, -0.15) is 0 Å². The maximum atomic E-state index is 13.0. The number of hydrogen-bond acceptors (Lipinski definition) is 3. The molecule has 0 spiro atoms. The summed E-state index contributed by atoms with van der Waals surface area (Å²) in [7, 11) is 2.04. The molecule has 0 bridgehead atoms. The van der Waals surface area contributed by atoms with Gasteiger partial charge in [0.05, 0.1) is 12.7 Å². The second kappa shape index (κ2) is 6.27. The van der Waals surface area contributed by atoms with Gasteiger partial charge in [-0.25, -0.2) is 4.39 Å². The summed E-state index contributed by atoms with van der Waals surface area (Å²) >= 11 is 0. The number of likely N-dealkylation sites (N-methyl/N-ethyl adjacent to an activating group) is 1. The summed E-state index contributed by atoms with van der Waals surface area (Å²) in [5, 5.41) is 10.0. The van der Waals surface area contributed by atoms with Crippen LogP contribution in [0.5, 0.6) is 0 Å². The van der Waals surface area contributed by atoms with Crippen LogP contribution in [0.1, 0.15) is 24.5 Å². The first-order valence-electron chi connectivity index (χ1n) is 6.38. The number of aliphatic hydroxyl groups excluding tert-OH is 1. The van der Waals surface area contributed by atoms with E-state index in [0.717, 1.165) is 26.2 Å². The Kier molecular flexibility index (Phi) is 4.69. The summed E-state index contributed by atoms with van der Waals surface area (Å²) in [5.74, 6) is -0.302. The molecule has 18 heavy (non-hydrogen) atoms. The summed E-state index contributed by atoms with van der Waals surface area (Å²) in [6.45, 7) is 2.37. The largest absolute Gasteiger partial charge is 0.388 e. The molecule has 3 nitrogen and oxygen atoms in total. The number of nitrogens with zero attached hydrogens (tertiary/aromatic N) is 1. The quantitative estimate of drug-likeness (QED) is 0.871. The lowest BCUT2D eigenvalue weighted by Crippen LogP contribution is -2.33. The van der Waals surface area contributed by atoms with Crippen molar-refractivity contribution in [3.8, 4) is 0 Å². The Morgan fingerprint density at radius 1 is 1.56 bits per heavy atom. The zero-order chi connectivity index (χ0) is 13.0. The van der Waals surface area contributed by atoms with Crippen molar-refractivity contribution in [2.75, 3.05) is 26.8 Å². The van der Waals surface area contributed by atoms with E-state index in [4.69, 9.17) is 4.74 Å². The zero-order valence-electron chi connectivity index (χ0n) is 10.7. The fraction of sp³-hybridized carbons (Fsp3) is 0.571. The topological polar surface area (TPSA) is 32.7 Å². The molecule has 0 amide bonds. The molecule has 2 atom stereocenters. The lowest BCUT2D eigenvalue weighted by Gasteiger charge is -2.24. The summed E-state index contributed by atoms with van der Waals surface area (Å²) in [5.41, 5.74) is 0.645. The lowest BCUT2D eigenvalue weighted by molar-refractivity contribution is 0.124. The van der Waals surface area contributed by atoms with Gasteiger partial charge in [0, 0.05) is 19.2 Å². The molecule has 4 heteroatoms. The highest BCUT2D eigenvalue weighted by molar-refractivity contribution is 5.18. The van der Waals surface area contributed by atoms with E-state index in [0.29, 0.717) is 18.0 Å². The third-order valence-corrected chi connectivity index (χ3v) is 3.52. The van der Waals surface area contributed by atoms with Crippen LogP contribution >= 0.6 is 0 Å². The van der Waals surface area contributed by atoms with E-state index >= 15 is 0 Å². The first-order chi connectivity index (χ1) is 8.66. The van der Waals surface area contributed by atoms with Crippen LogP contribution in [0.2, 0.25) is 0 Å². The molecule has 0 radical (unpaired) electrons. The first-order valence-corrected chi connectivity index (χ1v) is 6.38. The number of benzene rings is 1. The molecule has 1 saturated heterocycles. The number of hydrogen-bond donors (Lipinski definition) is 1. The molecule has 1 N–H and O–H groups in total. The molecule has 2 rings (SSSR count). The van der Waals surface area contributed by atoms with Crippen molar-refractivity contribution in [3.05, 3.63) is 35.6 Å². The minimum atomic E-state index is -0.606.